The largest absolute Gasteiger partial charge is 0.294 e. The van der Waals surface area contributed by atoms with Gasteiger partial charge in [-0.05, 0) is 54.2 Å². The van der Waals surface area contributed by atoms with Crippen LogP contribution in [-0.2, 0) is 0 Å². The van der Waals surface area contributed by atoms with E-state index in [2.05, 4.69) is 0 Å². The predicted molar refractivity (Wildman–Crippen MR) is 127 cm³/mol. The van der Waals surface area contributed by atoms with Gasteiger partial charge in [0.05, 0.1) is 0 Å². The molecule has 0 amide bonds. The van der Waals surface area contributed by atoms with Gasteiger partial charge in [0.2, 0.25) is 0 Å². The Labute approximate surface area is 183 Å². The van der Waals surface area contributed by atoms with E-state index in [0.717, 1.165) is 33.4 Å². The number of carbonyl (C=O) groups excluding carboxylic acids is 2. The zero-order valence-electron chi connectivity index (χ0n) is 18.0. The normalized spacial score (nSPS) is 10.7. The van der Waals surface area contributed by atoms with Crippen LogP contribution >= 0.6 is 0 Å². The van der Waals surface area contributed by atoms with Crippen molar-refractivity contribution in [1.29, 1.82) is 0 Å². The Hall–Kier alpha value is -3.78. The number of rotatable bonds is 5. The van der Waals surface area contributed by atoms with Crippen molar-refractivity contribution in [2.24, 2.45) is 0 Å². The molecule has 0 aliphatic carbocycles. The van der Waals surface area contributed by atoms with Gasteiger partial charge in [0.25, 0.3) is 0 Å². The molecule has 0 bridgehead atoms. The van der Waals surface area contributed by atoms with Crippen molar-refractivity contribution in [1.82, 2.24) is 0 Å². The fourth-order valence-electron chi connectivity index (χ4n) is 4.39. The molecule has 4 aromatic carbocycles. The average molecular weight is 405 g/mol. The SMILES string of the molecule is CC(=O)c1c(C)c(C(=O)c2ccccc2)c(-c2ccccc2)c(C)c1-c1ccccc1. The maximum absolute atomic E-state index is 13.7. The van der Waals surface area contributed by atoms with E-state index in [4.69, 9.17) is 0 Å². The van der Waals surface area contributed by atoms with Crippen molar-refractivity contribution < 1.29 is 9.59 Å². The van der Waals surface area contributed by atoms with Gasteiger partial charge in [-0.2, -0.15) is 0 Å². The third-order valence-electron chi connectivity index (χ3n) is 5.74. The summed E-state index contributed by atoms with van der Waals surface area (Å²) in [7, 11) is 0. The predicted octanol–water partition coefficient (Wildman–Crippen LogP) is 7.07. The quantitative estimate of drug-likeness (QED) is 0.333. The van der Waals surface area contributed by atoms with E-state index < -0.39 is 0 Å². The number of ketones is 2. The van der Waals surface area contributed by atoms with E-state index in [0.29, 0.717) is 16.7 Å². The van der Waals surface area contributed by atoms with Gasteiger partial charge in [-0.3, -0.25) is 9.59 Å². The Morgan fingerprint density at radius 3 is 1.42 bits per heavy atom. The first kappa shape index (κ1) is 20.5. The Bertz CT molecular complexity index is 1250. The van der Waals surface area contributed by atoms with Crippen molar-refractivity contribution in [2.75, 3.05) is 0 Å². The third kappa shape index (κ3) is 3.73. The molecule has 0 fully saturated rings. The van der Waals surface area contributed by atoms with E-state index in [1.807, 2.05) is 105 Å². The Balaban J connectivity index is 2.14. The minimum absolute atomic E-state index is 0.0406. The molecule has 0 aromatic heterocycles. The molecule has 0 spiro atoms. The molecule has 0 N–H and O–H groups in total. The summed E-state index contributed by atoms with van der Waals surface area (Å²) >= 11 is 0. The molecule has 0 radical (unpaired) electrons. The summed E-state index contributed by atoms with van der Waals surface area (Å²) < 4.78 is 0. The van der Waals surface area contributed by atoms with Crippen LogP contribution in [0.1, 0.15) is 44.3 Å². The van der Waals surface area contributed by atoms with Crippen molar-refractivity contribution in [3.05, 3.63) is 119 Å². The first-order chi connectivity index (χ1) is 15.0. The van der Waals surface area contributed by atoms with Crippen LogP contribution < -0.4 is 0 Å². The summed E-state index contributed by atoms with van der Waals surface area (Å²) in [6.45, 7) is 5.48. The zero-order chi connectivity index (χ0) is 22.0. The van der Waals surface area contributed by atoms with E-state index in [1.54, 1.807) is 6.92 Å². The fourth-order valence-corrected chi connectivity index (χ4v) is 4.39. The van der Waals surface area contributed by atoms with Crippen LogP contribution in [-0.4, -0.2) is 11.6 Å². The summed E-state index contributed by atoms with van der Waals surface area (Å²) in [6.07, 6.45) is 0. The molecular weight excluding hydrogens is 380 g/mol. The summed E-state index contributed by atoms with van der Waals surface area (Å²) in [4.78, 5) is 26.6. The van der Waals surface area contributed by atoms with Gasteiger partial charge in [-0.15, -0.1) is 0 Å². The van der Waals surface area contributed by atoms with Crippen LogP contribution in [0.3, 0.4) is 0 Å². The highest BCUT2D eigenvalue weighted by Crippen LogP contribution is 2.41. The highest BCUT2D eigenvalue weighted by Gasteiger charge is 2.27. The van der Waals surface area contributed by atoms with Gasteiger partial charge in [-0.25, -0.2) is 0 Å². The van der Waals surface area contributed by atoms with E-state index in [-0.39, 0.29) is 11.6 Å². The Morgan fingerprint density at radius 1 is 0.548 bits per heavy atom. The first-order valence-electron chi connectivity index (χ1n) is 10.4. The lowest BCUT2D eigenvalue weighted by Crippen LogP contribution is -2.13. The summed E-state index contributed by atoms with van der Waals surface area (Å²) in [5, 5.41) is 0. The van der Waals surface area contributed by atoms with E-state index in [9.17, 15) is 9.59 Å². The molecule has 31 heavy (non-hydrogen) atoms. The maximum Gasteiger partial charge on any atom is 0.193 e. The molecular formula is C29H24O2. The summed E-state index contributed by atoms with van der Waals surface area (Å²) in [5.41, 5.74) is 7.22. The van der Waals surface area contributed by atoms with Crippen molar-refractivity contribution in [3.63, 3.8) is 0 Å². The molecule has 0 unspecified atom stereocenters. The molecule has 0 saturated heterocycles. The van der Waals surface area contributed by atoms with Gasteiger partial charge >= 0.3 is 0 Å². The summed E-state index contributed by atoms with van der Waals surface area (Å²) in [6, 6.07) is 29.2. The molecule has 0 aliphatic rings. The molecule has 0 heterocycles. The van der Waals surface area contributed by atoms with Crippen LogP contribution in [0, 0.1) is 13.8 Å². The Kier molecular flexibility index (Phi) is 5.64. The highest BCUT2D eigenvalue weighted by atomic mass is 16.1. The Morgan fingerprint density at radius 2 is 0.968 bits per heavy atom. The standard InChI is InChI=1S/C29H24O2/c1-19-25(21(3)30)26(22-13-7-4-8-14-22)20(2)27(23-15-9-5-10-16-23)28(19)29(31)24-17-11-6-12-18-24/h4-18H,1-3H3. The molecule has 0 saturated carbocycles. The van der Waals surface area contributed by atoms with Gasteiger partial charge in [0, 0.05) is 16.7 Å². The smallest absolute Gasteiger partial charge is 0.193 e. The number of hydrogen-bond donors (Lipinski definition) is 0. The highest BCUT2D eigenvalue weighted by molar-refractivity contribution is 6.18. The van der Waals surface area contributed by atoms with Gasteiger partial charge < -0.3 is 0 Å². The average Bonchev–Trinajstić information content (AvgIpc) is 2.80. The monoisotopic (exact) mass is 404 g/mol. The number of hydrogen-bond acceptors (Lipinski definition) is 2. The molecule has 2 nitrogen and oxygen atoms in total. The fraction of sp³-hybridized carbons (Fsp3) is 0.103. The number of Topliss-reactive ketones (excluding diaryl/α,β-unsaturated/α-hetero) is 1. The zero-order valence-corrected chi connectivity index (χ0v) is 18.0. The first-order valence-corrected chi connectivity index (χ1v) is 10.4. The van der Waals surface area contributed by atoms with Crippen molar-refractivity contribution >= 4 is 11.6 Å². The lowest BCUT2D eigenvalue weighted by Gasteiger charge is -2.23. The van der Waals surface area contributed by atoms with Crippen molar-refractivity contribution in [3.8, 4) is 22.3 Å². The van der Waals surface area contributed by atoms with Crippen LogP contribution in [0.25, 0.3) is 22.3 Å². The maximum atomic E-state index is 13.7. The molecule has 2 heteroatoms. The van der Waals surface area contributed by atoms with E-state index in [1.165, 1.54) is 0 Å². The van der Waals surface area contributed by atoms with Crippen molar-refractivity contribution in [2.45, 2.75) is 20.8 Å². The molecule has 4 aromatic rings. The van der Waals surface area contributed by atoms with Gasteiger partial charge in [0.1, 0.15) is 0 Å². The van der Waals surface area contributed by atoms with Gasteiger partial charge in [-0.1, -0.05) is 91.0 Å². The topological polar surface area (TPSA) is 34.1 Å². The number of benzene rings is 4. The number of carbonyl (C=O) groups is 2. The molecule has 152 valence electrons. The second kappa shape index (κ2) is 8.53. The molecule has 0 atom stereocenters. The van der Waals surface area contributed by atoms with Crippen LogP contribution in [0.4, 0.5) is 0 Å². The molecule has 0 aliphatic heterocycles. The summed E-state index contributed by atoms with van der Waals surface area (Å²) in [5.74, 6) is -0.108. The second-order valence-electron chi connectivity index (χ2n) is 7.73. The minimum Gasteiger partial charge on any atom is -0.294 e. The van der Waals surface area contributed by atoms with Crippen LogP contribution in [0.5, 0.6) is 0 Å². The minimum atomic E-state index is -0.0674. The lowest BCUT2D eigenvalue weighted by molar-refractivity contribution is 0.101. The van der Waals surface area contributed by atoms with E-state index >= 15 is 0 Å². The molecule has 4 rings (SSSR count). The van der Waals surface area contributed by atoms with Crippen LogP contribution in [0.15, 0.2) is 91.0 Å². The third-order valence-corrected chi connectivity index (χ3v) is 5.74. The lowest BCUT2D eigenvalue weighted by atomic mass is 9.79. The van der Waals surface area contributed by atoms with Crippen LogP contribution in [0.2, 0.25) is 0 Å². The second-order valence-corrected chi connectivity index (χ2v) is 7.73. The van der Waals surface area contributed by atoms with Gasteiger partial charge in [0.15, 0.2) is 11.6 Å².